The number of benzene rings is 1. The number of rotatable bonds is 6. The van der Waals surface area contributed by atoms with E-state index in [2.05, 4.69) is 28.3 Å². The molecule has 0 saturated heterocycles. The first kappa shape index (κ1) is 11.5. The topological polar surface area (TPSA) is 40.7 Å². The standard InChI is InChI=1S/C12H17N3S/c1-2-13-8-5-9-16-12-14-10-6-3-4-7-11(10)15-12/h3-4,6-7,13H,2,5,8-9H2,1H3,(H,14,15). The van der Waals surface area contributed by atoms with E-state index < -0.39 is 0 Å². The zero-order chi connectivity index (χ0) is 11.2. The summed E-state index contributed by atoms with van der Waals surface area (Å²) in [4.78, 5) is 7.84. The summed E-state index contributed by atoms with van der Waals surface area (Å²) in [6.07, 6.45) is 1.18. The highest BCUT2D eigenvalue weighted by Crippen LogP contribution is 2.19. The van der Waals surface area contributed by atoms with Crippen molar-refractivity contribution in [3.8, 4) is 0 Å². The summed E-state index contributed by atoms with van der Waals surface area (Å²) in [5, 5.41) is 4.34. The van der Waals surface area contributed by atoms with Crippen LogP contribution in [0, 0.1) is 0 Å². The quantitative estimate of drug-likeness (QED) is 0.597. The lowest BCUT2D eigenvalue weighted by atomic mass is 10.3. The maximum absolute atomic E-state index is 4.52. The van der Waals surface area contributed by atoms with E-state index in [4.69, 9.17) is 0 Å². The number of aromatic amines is 1. The van der Waals surface area contributed by atoms with Crippen LogP contribution in [-0.4, -0.2) is 28.8 Å². The van der Waals surface area contributed by atoms with Crippen LogP contribution < -0.4 is 5.32 Å². The van der Waals surface area contributed by atoms with Gasteiger partial charge in [-0.1, -0.05) is 30.8 Å². The Bertz CT molecular complexity index is 406. The largest absolute Gasteiger partial charge is 0.333 e. The number of thioether (sulfide) groups is 1. The molecule has 1 aromatic carbocycles. The van der Waals surface area contributed by atoms with Gasteiger partial charge in [0, 0.05) is 5.75 Å². The van der Waals surface area contributed by atoms with Gasteiger partial charge in [-0.05, 0) is 31.6 Å². The molecule has 0 amide bonds. The number of aromatic nitrogens is 2. The van der Waals surface area contributed by atoms with Gasteiger partial charge in [-0.25, -0.2) is 4.98 Å². The van der Waals surface area contributed by atoms with Crippen LogP contribution in [0.5, 0.6) is 0 Å². The Labute approximate surface area is 100 Å². The van der Waals surface area contributed by atoms with Crippen molar-refractivity contribution in [1.29, 1.82) is 0 Å². The lowest BCUT2D eigenvalue weighted by molar-refractivity contribution is 0.707. The van der Waals surface area contributed by atoms with E-state index in [1.54, 1.807) is 11.8 Å². The Morgan fingerprint density at radius 3 is 3.06 bits per heavy atom. The summed E-state index contributed by atoms with van der Waals surface area (Å²) in [7, 11) is 0. The minimum Gasteiger partial charge on any atom is -0.333 e. The van der Waals surface area contributed by atoms with E-state index in [0.717, 1.165) is 35.0 Å². The van der Waals surface area contributed by atoms with Gasteiger partial charge < -0.3 is 10.3 Å². The number of nitrogens with one attached hydrogen (secondary N) is 2. The molecule has 0 radical (unpaired) electrons. The fraction of sp³-hybridized carbons (Fsp3) is 0.417. The SMILES string of the molecule is CCNCCCSc1nc2ccccc2[nH]1. The van der Waals surface area contributed by atoms with Crippen molar-refractivity contribution >= 4 is 22.8 Å². The Balaban J connectivity index is 1.85. The molecule has 16 heavy (non-hydrogen) atoms. The third kappa shape index (κ3) is 3.00. The zero-order valence-electron chi connectivity index (χ0n) is 9.49. The molecule has 1 heterocycles. The maximum atomic E-state index is 4.52. The molecule has 0 aliphatic rings. The third-order valence-corrected chi connectivity index (χ3v) is 3.31. The molecule has 0 spiro atoms. The van der Waals surface area contributed by atoms with Crippen LogP contribution >= 0.6 is 11.8 Å². The maximum Gasteiger partial charge on any atom is 0.166 e. The first-order valence-electron chi connectivity index (χ1n) is 5.68. The van der Waals surface area contributed by atoms with E-state index >= 15 is 0 Å². The van der Waals surface area contributed by atoms with Gasteiger partial charge in [0.1, 0.15) is 0 Å². The number of H-pyrrole nitrogens is 1. The molecule has 0 bridgehead atoms. The van der Waals surface area contributed by atoms with Crippen molar-refractivity contribution in [3.05, 3.63) is 24.3 Å². The van der Waals surface area contributed by atoms with E-state index in [9.17, 15) is 0 Å². The molecule has 2 N–H and O–H groups in total. The molecular formula is C12H17N3S. The molecule has 0 unspecified atom stereocenters. The number of imidazole rings is 1. The van der Waals surface area contributed by atoms with Crippen LogP contribution in [-0.2, 0) is 0 Å². The van der Waals surface area contributed by atoms with E-state index in [1.165, 1.54) is 6.42 Å². The number of hydrogen-bond donors (Lipinski definition) is 2. The van der Waals surface area contributed by atoms with E-state index in [-0.39, 0.29) is 0 Å². The first-order chi connectivity index (χ1) is 7.90. The highest BCUT2D eigenvalue weighted by atomic mass is 32.2. The second kappa shape index (κ2) is 5.92. The number of nitrogens with zero attached hydrogens (tertiary/aromatic N) is 1. The van der Waals surface area contributed by atoms with Crippen molar-refractivity contribution in [1.82, 2.24) is 15.3 Å². The van der Waals surface area contributed by atoms with Gasteiger partial charge >= 0.3 is 0 Å². The summed E-state index contributed by atoms with van der Waals surface area (Å²) < 4.78 is 0. The molecule has 86 valence electrons. The lowest BCUT2D eigenvalue weighted by Crippen LogP contribution is -2.14. The monoisotopic (exact) mass is 235 g/mol. The average molecular weight is 235 g/mol. The van der Waals surface area contributed by atoms with Crippen LogP contribution in [0.1, 0.15) is 13.3 Å². The van der Waals surface area contributed by atoms with Crippen molar-refractivity contribution in [2.45, 2.75) is 18.5 Å². The van der Waals surface area contributed by atoms with Gasteiger partial charge in [0.05, 0.1) is 11.0 Å². The van der Waals surface area contributed by atoms with Crippen LogP contribution in [0.3, 0.4) is 0 Å². The highest BCUT2D eigenvalue weighted by molar-refractivity contribution is 7.99. The van der Waals surface area contributed by atoms with Gasteiger partial charge in [0.15, 0.2) is 5.16 Å². The molecule has 0 aliphatic carbocycles. The fourth-order valence-electron chi connectivity index (χ4n) is 1.54. The minimum absolute atomic E-state index is 1.03. The first-order valence-corrected chi connectivity index (χ1v) is 6.67. The summed E-state index contributed by atoms with van der Waals surface area (Å²) in [5.74, 6) is 1.10. The van der Waals surface area contributed by atoms with E-state index in [1.807, 2.05) is 18.2 Å². The highest BCUT2D eigenvalue weighted by Gasteiger charge is 2.01. The van der Waals surface area contributed by atoms with Crippen LogP contribution in [0.15, 0.2) is 29.4 Å². The number of hydrogen-bond acceptors (Lipinski definition) is 3. The van der Waals surface area contributed by atoms with Gasteiger partial charge in [-0.15, -0.1) is 0 Å². The van der Waals surface area contributed by atoms with Gasteiger partial charge in [-0.3, -0.25) is 0 Å². The summed E-state index contributed by atoms with van der Waals surface area (Å²) in [6, 6.07) is 8.14. The number of fused-ring (bicyclic) bond motifs is 1. The van der Waals surface area contributed by atoms with Crippen molar-refractivity contribution in [3.63, 3.8) is 0 Å². The van der Waals surface area contributed by atoms with Crippen LogP contribution in [0.2, 0.25) is 0 Å². The third-order valence-electron chi connectivity index (χ3n) is 2.35. The van der Waals surface area contributed by atoms with Gasteiger partial charge in [0.25, 0.3) is 0 Å². The Morgan fingerprint density at radius 1 is 1.38 bits per heavy atom. The van der Waals surface area contributed by atoms with Crippen molar-refractivity contribution in [2.75, 3.05) is 18.8 Å². The molecule has 2 aromatic rings. The molecule has 1 aromatic heterocycles. The Morgan fingerprint density at radius 2 is 2.25 bits per heavy atom. The summed E-state index contributed by atoms with van der Waals surface area (Å²) in [6.45, 7) is 4.27. The molecule has 0 aliphatic heterocycles. The Kier molecular flexibility index (Phi) is 4.25. The number of para-hydroxylation sites is 2. The molecule has 0 saturated carbocycles. The molecule has 2 rings (SSSR count). The minimum atomic E-state index is 1.03. The lowest BCUT2D eigenvalue weighted by Gasteiger charge is -1.99. The molecule has 3 nitrogen and oxygen atoms in total. The van der Waals surface area contributed by atoms with Crippen LogP contribution in [0.25, 0.3) is 11.0 Å². The second-order valence-corrected chi connectivity index (χ2v) is 4.70. The predicted molar refractivity (Wildman–Crippen MR) is 70.0 cm³/mol. The second-order valence-electron chi connectivity index (χ2n) is 3.61. The van der Waals surface area contributed by atoms with Crippen molar-refractivity contribution in [2.24, 2.45) is 0 Å². The fourth-order valence-corrected chi connectivity index (χ4v) is 2.37. The van der Waals surface area contributed by atoms with Crippen LogP contribution in [0.4, 0.5) is 0 Å². The van der Waals surface area contributed by atoms with Crippen molar-refractivity contribution < 1.29 is 0 Å². The van der Waals surface area contributed by atoms with Gasteiger partial charge in [-0.2, -0.15) is 0 Å². The predicted octanol–water partition coefficient (Wildman–Crippen LogP) is 2.65. The Hall–Kier alpha value is -1.00. The average Bonchev–Trinajstić information content (AvgIpc) is 2.71. The smallest absolute Gasteiger partial charge is 0.166 e. The zero-order valence-corrected chi connectivity index (χ0v) is 10.3. The molecular weight excluding hydrogens is 218 g/mol. The van der Waals surface area contributed by atoms with E-state index in [0.29, 0.717) is 0 Å². The normalized spacial score (nSPS) is 11.1. The molecule has 0 fully saturated rings. The van der Waals surface area contributed by atoms with Gasteiger partial charge in [0.2, 0.25) is 0 Å². The summed E-state index contributed by atoms with van der Waals surface area (Å²) >= 11 is 1.79. The molecule has 0 atom stereocenters. The summed E-state index contributed by atoms with van der Waals surface area (Å²) in [5.41, 5.74) is 2.17. The molecule has 4 heteroatoms.